The van der Waals surface area contributed by atoms with Crippen LogP contribution in [0.4, 0.5) is 5.69 Å². The number of nitrogen functional groups attached to an aromatic ring is 1. The monoisotopic (exact) mass is 218 g/mol. The predicted molar refractivity (Wildman–Crippen MR) is 64.7 cm³/mol. The van der Waals surface area contributed by atoms with E-state index in [2.05, 4.69) is 6.92 Å². The van der Waals surface area contributed by atoms with Crippen molar-refractivity contribution in [2.45, 2.75) is 26.3 Å². The molecule has 0 spiro atoms. The molecule has 2 rings (SSSR count). The molecule has 86 valence electrons. The average molecular weight is 218 g/mol. The van der Waals surface area contributed by atoms with Crippen molar-refractivity contribution in [1.82, 2.24) is 4.90 Å². The van der Waals surface area contributed by atoms with Crippen LogP contribution in [0.5, 0.6) is 0 Å². The largest absolute Gasteiger partial charge is 0.399 e. The molecule has 0 bridgehead atoms. The lowest BCUT2D eigenvalue weighted by atomic mass is 10.1. The summed E-state index contributed by atoms with van der Waals surface area (Å²) >= 11 is 0. The van der Waals surface area contributed by atoms with Crippen molar-refractivity contribution in [2.24, 2.45) is 5.92 Å². The lowest BCUT2D eigenvalue weighted by molar-refractivity contribution is -0.128. The van der Waals surface area contributed by atoms with Crippen molar-refractivity contribution in [2.75, 3.05) is 12.3 Å². The van der Waals surface area contributed by atoms with Gasteiger partial charge in [0.25, 0.3) is 0 Å². The summed E-state index contributed by atoms with van der Waals surface area (Å²) in [4.78, 5) is 13.7. The molecule has 2 N–H and O–H groups in total. The molecule has 16 heavy (non-hydrogen) atoms. The SMILES string of the molecule is CCC1CC(=O)N(Cc2cccc(N)c2)C1. The summed E-state index contributed by atoms with van der Waals surface area (Å²) in [6, 6.07) is 7.75. The molecular weight excluding hydrogens is 200 g/mol. The Bertz CT molecular complexity index is 389. The topological polar surface area (TPSA) is 46.3 Å². The van der Waals surface area contributed by atoms with Gasteiger partial charge in [0, 0.05) is 25.2 Å². The van der Waals surface area contributed by atoms with E-state index >= 15 is 0 Å². The highest BCUT2D eigenvalue weighted by Gasteiger charge is 2.27. The quantitative estimate of drug-likeness (QED) is 0.789. The van der Waals surface area contributed by atoms with E-state index in [-0.39, 0.29) is 5.91 Å². The highest BCUT2D eigenvalue weighted by Crippen LogP contribution is 2.22. The number of amides is 1. The Morgan fingerprint density at radius 2 is 2.31 bits per heavy atom. The maximum Gasteiger partial charge on any atom is 0.223 e. The van der Waals surface area contributed by atoms with Gasteiger partial charge >= 0.3 is 0 Å². The molecule has 1 heterocycles. The van der Waals surface area contributed by atoms with E-state index in [1.54, 1.807) is 0 Å². The third-order valence-electron chi connectivity index (χ3n) is 3.20. The fourth-order valence-corrected chi connectivity index (χ4v) is 2.19. The summed E-state index contributed by atoms with van der Waals surface area (Å²) in [5.41, 5.74) is 7.59. The molecule has 1 fully saturated rings. The molecule has 1 aliphatic rings. The molecular formula is C13H18N2O. The van der Waals surface area contributed by atoms with Crippen LogP contribution in [0.3, 0.4) is 0 Å². The number of anilines is 1. The Balaban J connectivity index is 2.03. The van der Waals surface area contributed by atoms with E-state index in [9.17, 15) is 4.79 Å². The summed E-state index contributed by atoms with van der Waals surface area (Å²) in [5, 5.41) is 0. The molecule has 1 unspecified atom stereocenters. The first kappa shape index (κ1) is 11.0. The van der Waals surface area contributed by atoms with E-state index in [1.807, 2.05) is 29.2 Å². The maximum atomic E-state index is 11.7. The second-order valence-corrected chi connectivity index (χ2v) is 4.50. The van der Waals surface area contributed by atoms with E-state index in [0.29, 0.717) is 18.9 Å². The molecule has 1 amide bonds. The van der Waals surface area contributed by atoms with E-state index in [1.165, 1.54) is 0 Å². The van der Waals surface area contributed by atoms with Crippen molar-refractivity contribution in [3.63, 3.8) is 0 Å². The van der Waals surface area contributed by atoms with Crippen molar-refractivity contribution >= 4 is 11.6 Å². The van der Waals surface area contributed by atoms with Gasteiger partial charge in [-0.2, -0.15) is 0 Å². The number of nitrogens with zero attached hydrogens (tertiary/aromatic N) is 1. The van der Waals surface area contributed by atoms with Gasteiger partial charge in [0.1, 0.15) is 0 Å². The van der Waals surface area contributed by atoms with Crippen LogP contribution >= 0.6 is 0 Å². The van der Waals surface area contributed by atoms with Gasteiger partial charge in [-0.3, -0.25) is 4.79 Å². The van der Waals surface area contributed by atoms with E-state index < -0.39 is 0 Å². The zero-order valence-corrected chi connectivity index (χ0v) is 9.65. The van der Waals surface area contributed by atoms with Gasteiger partial charge in [-0.1, -0.05) is 25.5 Å². The van der Waals surface area contributed by atoms with Crippen LogP contribution in [-0.4, -0.2) is 17.4 Å². The first-order valence-electron chi connectivity index (χ1n) is 5.81. The summed E-state index contributed by atoms with van der Waals surface area (Å²) < 4.78 is 0. The van der Waals surface area contributed by atoms with Crippen LogP contribution in [0, 0.1) is 5.92 Å². The molecule has 1 saturated heterocycles. The van der Waals surface area contributed by atoms with Crippen LogP contribution in [-0.2, 0) is 11.3 Å². The van der Waals surface area contributed by atoms with Gasteiger partial charge in [0.05, 0.1) is 0 Å². The summed E-state index contributed by atoms with van der Waals surface area (Å²) in [6.07, 6.45) is 1.79. The molecule has 0 radical (unpaired) electrons. The number of benzene rings is 1. The predicted octanol–water partition coefficient (Wildman–Crippen LogP) is 2.03. The van der Waals surface area contributed by atoms with Gasteiger partial charge in [-0.15, -0.1) is 0 Å². The summed E-state index contributed by atoms with van der Waals surface area (Å²) in [7, 11) is 0. The number of hydrogen-bond acceptors (Lipinski definition) is 2. The summed E-state index contributed by atoms with van der Waals surface area (Å²) in [6.45, 7) is 3.73. The fourth-order valence-electron chi connectivity index (χ4n) is 2.19. The number of hydrogen-bond donors (Lipinski definition) is 1. The second-order valence-electron chi connectivity index (χ2n) is 4.50. The molecule has 0 saturated carbocycles. The van der Waals surface area contributed by atoms with Gasteiger partial charge in [0.15, 0.2) is 0 Å². The standard InChI is InChI=1S/C13H18N2O/c1-2-10-7-13(16)15(8-10)9-11-4-3-5-12(14)6-11/h3-6,10H,2,7-9,14H2,1H3. The van der Waals surface area contributed by atoms with Crippen molar-refractivity contribution in [1.29, 1.82) is 0 Å². The fraction of sp³-hybridized carbons (Fsp3) is 0.462. The van der Waals surface area contributed by atoms with E-state index in [4.69, 9.17) is 5.73 Å². The van der Waals surface area contributed by atoms with Gasteiger partial charge in [-0.25, -0.2) is 0 Å². The first-order valence-corrected chi connectivity index (χ1v) is 5.81. The van der Waals surface area contributed by atoms with Gasteiger partial charge in [-0.05, 0) is 23.6 Å². The maximum absolute atomic E-state index is 11.7. The smallest absolute Gasteiger partial charge is 0.223 e. The molecule has 1 aromatic rings. The number of carbonyl (C=O) groups excluding carboxylic acids is 1. The molecule has 1 aliphatic heterocycles. The minimum atomic E-state index is 0.272. The average Bonchev–Trinajstić information content (AvgIpc) is 2.60. The van der Waals surface area contributed by atoms with Gasteiger partial charge < -0.3 is 10.6 Å². The zero-order chi connectivity index (χ0) is 11.5. The molecule has 3 heteroatoms. The third kappa shape index (κ3) is 2.35. The zero-order valence-electron chi connectivity index (χ0n) is 9.65. The Morgan fingerprint density at radius 1 is 1.50 bits per heavy atom. The molecule has 0 aromatic heterocycles. The van der Waals surface area contributed by atoms with Crippen molar-refractivity contribution in [3.05, 3.63) is 29.8 Å². The first-order chi connectivity index (χ1) is 7.69. The summed E-state index contributed by atoms with van der Waals surface area (Å²) in [5.74, 6) is 0.808. The second kappa shape index (κ2) is 4.56. The van der Waals surface area contributed by atoms with Crippen LogP contribution < -0.4 is 5.73 Å². The van der Waals surface area contributed by atoms with E-state index in [0.717, 1.165) is 24.2 Å². The van der Waals surface area contributed by atoms with Crippen LogP contribution in [0.15, 0.2) is 24.3 Å². The number of nitrogens with two attached hydrogens (primary N) is 1. The third-order valence-corrected chi connectivity index (χ3v) is 3.20. The lowest BCUT2D eigenvalue weighted by Gasteiger charge is -2.16. The van der Waals surface area contributed by atoms with Gasteiger partial charge in [0.2, 0.25) is 5.91 Å². The van der Waals surface area contributed by atoms with Crippen LogP contribution in [0.25, 0.3) is 0 Å². The minimum absolute atomic E-state index is 0.272. The van der Waals surface area contributed by atoms with Crippen LogP contribution in [0.2, 0.25) is 0 Å². The number of rotatable bonds is 3. The number of likely N-dealkylation sites (tertiary alicyclic amines) is 1. The normalized spacial score (nSPS) is 20.4. The Labute approximate surface area is 96.2 Å². The highest BCUT2D eigenvalue weighted by atomic mass is 16.2. The Kier molecular flexibility index (Phi) is 3.13. The molecule has 0 aliphatic carbocycles. The highest BCUT2D eigenvalue weighted by molar-refractivity contribution is 5.78. The molecule has 1 aromatic carbocycles. The Morgan fingerprint density at radius 3 is 2.94 bits per heavy atom. The molecule has 1 atom stereocenters. The Hall–Kier alpha value is -1.51. The van der Waals surface area contributed by atoms with Crippen molar-refractivity contribution in [3.8, 4) is 0 Å². The number of carbonyl (C=O) groups is 1. The van der Waals surface area contributed by atoms with Crippen LogP contribution in [0.1, 0.15) is 25.3 Å². The molecule has 3 nitrogen and oxygen atoms in total. The lowest BCUT2D eigenvalue weighted by Crippen LogP contribution is -2.24. The van der Waals surface area contributed by atoms with Crippen molar-refractivity contribution < 1.29 is 4.79 Å². The minimum Gasteiger partial charge on any atom is -0.399 e.